The van der Waals surface area contributed by atoms with Crippen LogP contribution in [-0.2, 0) is 0 Å². The van der Waals surface area contributed by atoms with Crippen LogP contribution in [0.4, 0.5) is 0 Å². The second-order valence-corrected chi connectivity index (χ2v) is 2.48. The molecule has 1 aromatic rings. The number of thiol groups is 1. The maximum atomic E-state index is 8.11. The lowest BCUT2D eigenvalue weighted by molar-refractivity contribution is 1.02. The standard InChI is InChI=1S/C7H7N3S/c8-10-9-7(11)6-4-2-1-3-5-6/h1-5,7,11H. The van der Waals surface area contributed by atoms with E-state index in [4.69, 9.17) is 5.53 Å². The summed E-state index contributed by atoms with van der Waals surface area (Å²) in [6.07, 6.45) is 0. The third kappa shape index (κ3) is 2.18. The monoisotopic (exact) mass is 165 g/mol. The summed E-state index contributed by atoms with van der Waals surface area (Å²) in [5.41, 5.74) is 9.02. The van der Waals surface area contributed by atoms with Crippen molar-refractivity contribution in [3.05, 3.63) is 46.3 Å². The molecule has 1 unspecified atom stereocenters. The Hall–Kier alpha value is -1.12. The van der Waals surface area contributed by atoms with Gasteiger partial charge in [-0.25, -0.2) is 0 Å². The van der Waals surface area contributed by atoms with E-state index in [0.717, 1.165) is 5.56 Å². The topological polar surface area (TPSA) is 48.8 Å². The molecule has 0 heterocycles. The smallest absolute Gasteiger partial charge is 0.105 e. The van der Waals surface area contributed by atoms with Crippen molar-refractivity contribution >= 4 is 12.6 Å². The van der Waals surface area contributed by atoms with Gasteiger partial charge in [-0.3, -0.25) is 0 Å². The average molecular weight is 165 g/mol. The zero-order valence-corrected chi connectivity index (χ0v) is 6.65. The Morgan fingerprint density at radius 2 is 2.00 bits per heavy atom. The Bertz CT molecular complexity index is 266. The predicted molar refractivity (Wildman–Crippen MR) is 47.3 cm³/mol. The summed E-state index contributed by atoms with van der Waals surface area (Å²) >= 11 is 4.08. The van der Waals surface area contributed by atoms with E-state index in [0.29, 0.717) is 0 Å². The van der Waals surface area contributed by atoms with Crippen LogP contribution in [0.5, 0.6) is 0 Å². The third-order valence-corrected chi connectivity index (χ3v) is 1.66. The van der Waals surface area contributed by atoms with Gasteiger partial charge < -0.3 is 0 Å². The molecule has 0 aliphatic carbocycles. The van der Waals surface area contributed by atoms with E-state index < -0.39 is 0 Å². The summed E-state index contributed by atoms with van der Waals surface area (Å²) in [6, 6.07) is 9.40. The van der Waals surface area contributed by atoms with Crippen molar-refractivity contribution in [2.45, 2.75) is 5.37 Å². The van der Waals surface area contributed by atoms with Crippen LogP contribution >= 0.6 is 12.6 Å². The first-order valence-corrected chi connectivity index (χ1v) is 3.63. The summed E-state index contributed by atoms with van der Waals surface area (Å²) in [5.74, 6) is 0. The number of hydrogen-bond donors (Lipinski definition) is 1. The lowest BCUT2D eigenvalue weighted by Crippen LogP contribution is -1.82. The summed E-state index contributed by atoms with van der Waals surface area (Å²) < 4.78 is 0. The zero-order valence-electron chi connectivity index (χ0n) is 5.75. The second kappa shape index (κ2) is 3.91. The normalized spacial score (nSPS) is 11.7. The highest BCUT2D eigenvalue weighted by Crippen LogP contribution is 2.20. The van der Waals surface area contributed by atoms with Gasteiger partial charge in [-0.15, -0.1) is 0 Å². The van der Waals surface area contributed by atoms with Gasteiger partial charge in [-0.1, -0.05) is 35.4 Å². The van der Waals surface area contributed by atoms with Crippen LogP contribution in [-0.4, -0.2) is 0 Å². The quantitative estimate of drug-likeness (QED) is 0.303. The van der Waals surface area contributed by atoms with Gasteiger partial charge in [0.1, 0.15) is 5.37 Å². The van der Waals surface area contributed by atoms with E-state index >= 15 is 0 Å². The first kappa shape index (κ1) is 7.98. The maximum absolute atomic E-state index is 8.11. The Morgan fingerprint density at radius 1 is 1.36 bits per heavy atom. The van der Waals surface area contributed by atoms with Gasteiger partial charge in [0.2, 0.25) is 0 Å². The van der Waals surface area contributed by atoms with Crippen LogP contribution in [0.1, 0.15) is 10.9 Å². The number of nitrogens with zero attached hydrogens (tertiary/aromatic N) is 3. The Morgan fingerprint density at radius 3 is 2.55 bits per heavy atom. The van der Waals surface area contributed by atoms with Crippen LogP contribution in [0.15, 0.2) is 35.4 Å². The maximum Gasteiger partial charge on any atom is 0.105 e. The minimum absolute atomic E-state index is 0.374. The van der Waals surface area contributed by atoms with E-state index in [1.54, 1.807) is 0 Å². The van der Waals surface area contributed by atoms with Crippen molar-refractivity contribution in [2.75, 3.05) is 0 Å². The fourth-order valence-corrected chi connectivity index (χ4v) is 0.959. The van der Waals surface area contributed by atoms with E-state index in [9.17, 15) is 0 Å². The molecule has 1 atom stereocenters. The van der Waals surface area contributed by atoms with E-state index in [2.05, 4.69) is 22.7 Å². The van der Waals surface area contributed by atoms with Crippen LogP contribution in [0.2, 0.25) is 0 Å². The molecule has 0 bridgehead atoms. The van der Waals surface area contributed by atoms with Gasteiger partial charge in [-0.2, -0.15) is 12.6 Å². The molecule has 0 aliphatic heterocycles. The van der Waals surface area contributed by atoms with E-state index in [1.165, 1.54) is 0 Å². The average Bonchev–Trinajstić information content (AvgIpc) is 2.07. The molecule has 0 radical (unpaired) electrons. The molecule has 3 nitrogen and oxygen atoms in total. The molecule has 1 aromatic carbocycles. The number of benzene rings is 1. The Kier molecular flexibility index (Phi) is 2.83. The number of hydrogen-bond acceptors (Lipinski definition) is 2. The van der Waals surface area contributed by atoms with Crippen LogP contribution in [0.25, 0.3) is 10.4 Å². The van der Waals surface area contributed by atoms with Crippen molar-refractivity contribution in [2.24, 2.45) is 5.11 Å². The molecule has 11 heavy (non-hydrogen) atoms. The van der Waals surface area contributed by atoms with E-state index in [-0.39, 0.29) is 5.37 Å². The molecule has 0 saturated carbocycles. The largest absolute Gasteiger partial charge is 0.165 e. The fourth-order valence-electron chi connectivity index (χ4n) is 0.741. The minimum atomic E-state index is -0.374. The van der Waals surface area contributed by atoms with Crippen molar-refractivity contribution in [3.63, 3.8) is 0 Å². The predicted octanol–water partition coefficient (Wildman–Crippen LogP) is 2.93. The third-order valence-electron chi connectivity index (χ3n) is 1.26. The Labute approximate surface area is 70.1 Å². The summed E-state index contributed by atoms with van der Waals surface area (Å²) in [6.45, 7) is 0. The molecule has 0 N–H and O–H groups in total. The van der Waals surface area contributed by atoms with Gasteiger partial charge in [0.05, 0.1) is 0 Å². The highest BCUT2D eigenvalue weighted by molar-refractivity contribution is 7.80. The molecule has 0 aliphatic rings. The van der Waals surface area contributed by atoms with Gasteiger partial charge >= 0.3 is 0 Å². The van der Waals surface area contributed by atoms with Crippen LogP contribution in [0, 0.1) is 0 Å². The zero-order chi connectivity index (χ0) is 8.10. The lowest BCUT2D eigenvalue weighted by Gasteiger charge is -2.01. The van der Waals surface area contributed by atoms with Crippen molar-refractivity contribution in [3.8, 4) is 0 Å². The molecular weight excluding hydrogens is 158 g/mol. The van der Waals surface area contributed by atoms with Crippen molar-refractivity contribution < 1.29 is 0 Å². The molecule has 0 amide bonds. The fraction of sp³-hybridized carbons (Fsp3) is 0.143. The molecule has 56 valence electrons. The molecular formula is C7H7N3S. The second-order valence-electron chi connectivity index (χ2n) is 1.99. The van der Waals surface area contributed by atoms with Gasteiger partial charge in [0, 0.05) is 4.91 Å². The highest BCUT2D eigenvalue weighted by atomic mass is 32.1. The van der Waals surface area contributed by atoms with Crippen molar-refractivity contribution in [1.82, 2.24) is 0 Å². The number of rotatable bonds is 2. The Balaban J connectivity index is 2.84. The summed E-state index contributed by atoms with van der Waals surface area (Å²) in [7, 11) is 0. The van der Waals surface area contributed by atoms with Crippen LogP contribution in [0.3, 0.4) is 0 Å². The molecule has 0 fully saturated rings. The minimum Gasteiger partial charge on any atom is -0.165 e. The molecule has 0 aromatic heterocycles. The van der Waals surface area contributed by atoms with Crippen LogP contribution < -0.4 is 0 Å². The summed E-state index contributed by atoms with van der Waals surface area (Å²) in [5, 5.41) is 3.07. The molecule has 0 saturated heterocycles. The SMILES string of the molecule is [N-]=[N+]=NC(S)c1ccccc1. The van der Waals surface area contributed by atoms with Gasteiger partial charge in [-0.05, 0) is 11.1 Å². The van der Waals surface area contributed by atoms with Gasteiger partial charge in [0.15, 0.2) is 0 Å². The molecule has 4 heteroatoms. The van der Waals surface area contributed by atoms with Crippen molar-refractivity contribution in [1.29, 1.82) is 0 Å². The highest BCUT2D eigenvalue weighted by Gasteiger charge is 1.99. The number of azide groups is 1. The van der Waals surface area contributed by atoms with Gasteiger partial charge in [0.25, 0.3) is 0 Å². The lowest BCUT2D eigenvalue weighted by atomic mass is 10.2. The summed E-state index contributed by atoms with van der Waals surface area (Å²) in [4.78, 5) is 2.66. The molecule has 0 spiro atoms. The van der Waals surface area contributed by atoms with E-state index in [1.807, 2.05) is 30.3 Å². The first-order chi connectivity index (χ1) is 5.34. The first-order valence-electron chi connectivity index (χ1n) is 3.12. The molecule has 1 rings (SSSR count).